The van der Waals surface area contributed by atoms with E-state index in [1.54, 1.807) is 18.1 Å². The van der Waals surface area contributed by atoms with Gasteiger partial charge in [-0.3, -0.25) is 0 Å². The summed E-state index contributed by atoms with van der Waals surface area (Å²) in [6.45, 7) is 0.800. The molecule has 1 aromatic rings. The Labute approximate surface area is 95.1 Å². The molecule has 1 heterocycles. The fraction of sp³-hybridized carbons (Fsp3) is 0.750. The van der Waals surface area contributed by atoms with Crippen molar-refractivity contribution in [2.75, 3.05) is 12.3 Å². The van der Waals surface area contributed by atoms with Gasteiger partial charge in [0.2, 0.25) is 0 Å². The Balaban J connectivity index is 0.00000169. The molecule has 6 heteroatoms. The monoisotopic (exact) mass is 236 g/mol. The highest BCUT2D eigenvalue weighted by molar-refractivity contribution is 7.99. The first kappa shape index (κ1) is 13.7. The Morgan fingerprint density at radius 3 is 2.79 bits per heavy atom. The van der Waals surface area contributed by atoms with Crippen molar-refractivity contribution >= 4 is 24.2 Å². The van der Waals surface area contributed by atoms with Crippen molar-refractivity contribution in [2.45, 2.75) is 24.4 Å². The van der Waals surface area contributed by atoms with E-state index in [0.29, 0.717) is 0 Å². The van der Waals surface area contributed by atoms with Gasteiger partial charge in [0.1, 0.15) is 6.33 Å². The van der Waals surface area contributed by atoms with Crippen molar-refractivity contribution < 1.29 is 0 Å². The molecule has 0 amide bonds. The fourth-order valence-electron chi connectivity index (χ4n) is 0.990. The standard InChI is InChI=1S/C8H16N4S.ClH/c1-12-7-10-11-8(12)13-6-4-2-3-5-9;/h7H,2-6,9H2,1H3;1H. The van der Waals surface area contributed by atoms with Crippen LogP contribution < -0.4 is 5.73 Å². The topological polar surface area (TPSA) is 56.7 Å². The summed E-state index contributed by atoms with van der Waals surface area (Å²) in [7, 11) is 1.96. The lowest BCUT2D eigenvalue weighted by Gasteiger charge is -1.99. The normalized spacial score (nSPS) is 9.86. The minimum Gasteiger partial charge on any atom is -0.330 e. The smallest absolute Gasteiger partial charge is 0.190 e. The lowest BCUT2D eigenvalue weighted by atomic mass is 10.2. The molecule has 1 rings (SSSR count). The number of aryl methyl sites for hydroxylation is 1. The predicted octanol–water partition coefficient (Wildman–Crippen LogP) is 1.46. The number of nitrogens with two attached hydrogens (primary N) is 1. The minimum absolute atomic E-state index is 0. The SMILES string of the molecule is Cl.Cn1cnnc1SCCCCCN. The van der Waals surface area contributed by atoms with Gasteiger partial charge >= 0.3 is 0 Å². The maximum atomic E-state index is 5.40. The molecule has 0 aliphatic rings. The largest absolute Gasteiger partial charge is 0.330 e. The van der Waals surface area contributed by atoms with Crippen LogP contribution in [-0.2, 0) is 7.05 Å². The summed E-state index contributed by atoms with van der Waals surface area (Å²) in [5, 5.41) is 8.79. The summed E-state index contributed by atoms with van der Waals surface area (Å²) in [5.41, 5.74) is 5.40. The van der Waals surface area contributed by atoms with Gasteiger partial charge in [-0.25, -0.2) is 0 Å². The van der Waals surface area contributed by atoms with E-state index >= 15 is 0 Å². The quantitative estimate of drug-likeness (QED) is 0.600. The first-order valence-corrected chi connectivity index (χ1v) is 5.50. The van der Waals surface area contributed by atoms with Crippen LogP contribution >= 0.6 is 24.2 Å². The van der Waals surface area contributed by atoms with Crippen LogP contribution in [0.4, 0.5) is 0 Å². The number of unbranched alkanes of at least 4 members (excludes halogenated alkanes) is 2. The van der Waals surface area contributed by atoms with Crippen molar-refractivity contribution in [2.24, 2.45) is 12.8 Å². The summed E-state index contributed by atoms with van der Waals surface area (Å²) < 4.78 is 1.94. The van der Waals surface area contributed by atoms with Crippen LogP contribution in [0.25, 0.3) is 0 Å². The lowest BCUT2D eigenvalue weighted by Crippen LogP contribution is -1.98. The molecule has 0 radical (unpaired) electrons. The highest BCUT2D eigenvalue weighted by Crippen LogP contribution is 2.15. The van der Waals surface area contributed by atoms with Gasteiger partial charge in [-0.2, -0.15) is 0 Å². The minimum atomic E-state index is 0. The van der Waals surface area contributed by atoms with Gasteiger partial charge in [-0.05, 0) is 19.4 Å². The fourth-order valence-corrected chi connectivity index (χ4v) is 1.88. The average molecular weight is 237 g/mol. The van der Waals surface area contributed by atoms with Gasteiger partial charge in [-0.1, -0.05) is 18.2 Å². The third kappa shape index (κ3) is 4.83. The number of hydrogen-bond acceptors (Lipinski definition) is 4. The molecule has 0 unspecified atom stereocenters. The van der Waals surface area contributed by atoms with Crippen molar-refractivity contribution in [1.29, 1.82) is 0 Å². The van der Waals surface area contributed by atoms with E-state index in [4.69, 9.17) is 5.73 Å². The van der Waals surface area contributed by atoms with Crippen LogP contribution in [0.3, 0.4) is 0 Å². The number of rotatable bonds is 6. The van der Waals surface area contributed by atoms with Crippen molar-refractivity contribution in [3.8, 4) is 0 Å². The molecule has 0 aliphatic heterocycles. The van der Waals surface area contributed by atoms with Gasteiger partial charge in [0.05, 0.1) is 0 Å². The molecule has 1 aromatic heterocycles. The summed E-state index contributed by atoms with van der Waals surface area (Å²) in [4.78, 5) is 0. The maximum Gasteiger partial charge on any atom is 0.190 e. The molecule has 0 fully saturated rings. The molecule has 82 valence electrons. The molecule has 0 aliphatic carbocycles. The van der Waals surface area contributed by atoms with Crippen LogP contribution in [0.2, 0.25) is 0 Å². The summed E-state index contributed by atoms with van der Waals surface area (Å²) in [6.07, 6.45) is 5.26. The Kier molecular flexibility index (Phi) is 7.93. The number of nitrogens with zero attached hydrogens (tertiary/aromatic N) is 3. The first-order chi connectivity index (χ1) is 6.34. The van der Waals surface area contributed by atoms with Crippen molar-refractivity contribution in [3.05, 3.63) is 6.33 Å². The summed E-state index contributed by atoms with van der Waals surface area (Å²) >= 11 is 1.75. The second-order valence-corrected chi connectivity index (χ2v) is 3.98. The summed E-state index contributed by atoms with van der Waals surface area (Å²) in [5.74, 6) is 1.10. The van der Waals surface area contributed by atoms with Crippen molar-refractivity contribution in [3.63, 3.8) is 0 Å². The van der Waals surface area contributed by atoms with E-state index in [9.17, 15) is 0 Å². The number of thioether (sulfide) groups is 1. The van der Waals surface area contributed by atoms with Crippen LogP contribution in [0.5, 0.6) is 0 Å². The highest BCUT2D eigenvalue weighted by Gasteiger charge is 1.99. The number of aromatic nitrogens is 3. The van der Waals surface area contributed by atoms with Crippen LogP contribution in [-0.4, -0.2) is 27.1 Å². The Bertz CT molecular complexity index is 241. The average Bonchev–Trinajstić information content (AvgIpc) is 2.52. The lowest BCUT2D eigenvalue weighted by molar-refractivity contribution is 0.729. The second-order valence-electron chi connectivity index (χ2n) is 2.92. The first-order valence-electron chi connectivity index (χ1n) is 4.51. The molecule has 0 aromatic carbocycles. The molecule has 2 N–H and O–H groups in total. The van der Waals surface area contributed by atoms with E-state index in [1.807, 2.05) is 11.6 Å². The predicted molar refractivity (Wildman–Crippen MR) is 61.9 cm³/mol. The third-order valence-corrected chi connectivity index (χ3v) is 2.87. The third-order valence-electron chi connectivity index (χ3n) is 1.75. The van der Waals surface area contributed by atoms with Crippen molar-refractivity contribution in [1.82, 2.24) is 14.8 Å². The van der Waals surface area contributed by atoms with E-state index in [0.717, 1.165) is 23.9 Å². The van der Waals surface area contributed by atoms with Crippen LogP contribution in [0.15, 0.2) is 11.5 Å². The second kappa shape index (κ2) is 8.08. The Morgan fingerprint density at radius 2 is 2.21 bits per heavy atom. The zero-order valence-electron chi connectivity index (χ0n) is 8.35. The molecule has 0 spiro atoms. The van der Waals surface area contributed by atoms with E-state index in [2.05, 4.69) is 10.2 Å². The van der Waals surface area contributed by atoms with Crippen LogP contribution in [0.1, 0.15) is 19.3 Å². The van der Waals surface area contributed by atoms with E-state index in [1.165, 1.54) is 12.8 Å². The molecule has 14 heavy (non-hydrogen) atoms. The highest BCUT2D eigenvalue weighted by atomic mass is 35.5. The number of halogens is 1. The molecule has 0 saturated heterocycles. The molecule has 0 saturated carbocycles. The molecular formula is C8H17ClN4S. The van der Waals surface area contributed by atoms with E-state index in [-0.39, 0.29) is 12.4 Å². The molecular weight excluding hydrogens is 220 g/mol. The molecule has 0 atom stereocenters. The van der Waals surface area contributed by atoms with Gasteiger partial charge < -0.3 is 10.3 Å². The summed E-state index contributed by atoms with van der Waals surface area (Å²) in [6, 6.07) is 0. The Hall–Kier alpha value is -0.260. The molecule has 0 bridgehead atoms. The van der Waals surface area contributed by atoms with E-state index < -0.39 is 0 Å². The zero-order chi connectivity index (χ0) is 9.52. The van der Waals surface area contributed by atoms with Gasteiger partial charge in [-0.15, -0.1) is 22.6 Å². The van der Waals surface area contributed by atoms with Gasteiger partial charge in [0, 0.05) is 12.8 Å². The molecule has 4 nitrogen and oxygen atoms in total. The number of hydrogen-bond donors (Lipinski definition) is 1. The van der Waals surface area contributed by atoms with Crippen LogP contribution in [0, 0.1) is 0 Å². The van der Waals surface area contributed by atoms with Gasteiger partial charge in [0.15, 0.2) is 5.16 Å². The van der Waals surface area contributed by atoms with Gasteiger partial charge in [0.25, 0.3) is 0 Å². The zero-order valence-corrected chi connectivity index (χ0v) is 9.98. The Morgan fingerprint density at radius 1 is 1.43 bits per heavy atom. The maximum absolute atomic E-state index is 5.40.